The smallest absolute Gasteiger partial charge is 0.254 e. The number of carbonyl (C=O) groups excluding carboxylic acids is 1. The standard InChI is InChI=1S/C22H23BrN2O2S/c1-3-11-25(22(26)17-5-4-6-18(23)12-17)13-19-15-28-21(24-19)14-27-20-9-7-16(2)8-10-20/h4-10,12,15H,3,11,13-14H2,1-2H3. The molecule has 0 atom stereocenters. The SMILES string of the molecule is CCCN(Cc1csc(COc2ccc(C)cc2)n1)C(=O)c1cccc(Br)c1. The first-order valence-corrected chi connectivity index (χ1v) is 10.9. The molecule has 4 nitrogen and oxygen atoms in total. The van der Waals surface area contributed by atoms with Gasteiger partial charge in [0.05, 0.1) is 12.2 Å². The average Bonchev–Trinajstić information content (AvgIpc) is 3.14. The molecule has 28 heavy (non-hydrogen) atoms. The van der Waals surface area contributed by atoms with Crippen molar-refractivity contribution in [1.29, 1.82) is 0 Å². The van der Waals surface area contributed by atoms with Crippen molar-refractivity contribution in [3.8, 4) is 5.75 Å². The number of aryl methyl sites for hydroxylation is 1. The van der Waals surface area contributed by atoms with E-state index in [-0.39, 0.29) is 5.91 Å². The molecule has 146 valence electrons. The minimum Gasteiger partial charge on any atom is -0.486 e. The van der Waals surface area contributed by atoms with Gasteiger partial charge in [0.2, 0.25) is 0 Å². The Hall–Kier alpha value is -2.18. The van der Waals surface area contributed by atoms with E-state index in [4.69, 9.17) is 4.74 Å². The van der Waals surface area contributed by atoms with Crippen molar-refractivity contribution >= 4 is 33.2 Å². The summed E-state index contributed by atoms with van der Waals surface area (Å²) in [5, 5.41) is 2.91. The fourth-order valence-electron chi connectivity index (χ4n) is 2.79. The molecule has 0 aliphatic rings. The van der Waals surface area contributed by atoms with E-state index in [0.717, 1.165) is 27.3 Å². The molecule has 1 amide bonds. The van der Waals surface area contributed by atoms with E-state index in [9.17, 15) is 4.79 Å². The van der Waals surface area contributed by atoms with Crippen LogP contribution in [-0.4, -0.2) is 22.3 Å². The highest BCUT2D eigenvalue weighted by atomic mass is 79.9. The van der Waals surface area contributed by atoms with Gasteiger partial charge in [0.1, 0.15) is 17.4 Å². The predicted molar refractivity (Wildman–Crippen MR) is 117 cm³/mol. The van der Waals surface area contributed by atoms with Crippen molar-refractivity contribution in [2.24, 2.45) is 0 Å². The van der Waals surface area contributed by atoms with Crippen LogP contribution in [0.25, 0.3) is 0 Å². The Kier molecular flexibility index (Phi) is 7.23. The zero-order chi connectivity index (χ0) is 19.9. The third-order valence-electron chi connectivity index (χ3n) is 4.19. The second kappa shape index (κ2) is 9.85. The molecule has 6 heteroatoms. The van der Waals surface area contributed by atoms with E-state index in [0.29, 0.717) is 25.3 Å². The molecule has 3 rings (SSSR count). The number of amides is 1. The van der Waals surface area contributed by atoms with Crippen LogP contribution < -0.4 is 4.74 Å². The first-order valence-electron chi connectivity index (χ1n) is 9.22. The highest BCUT2D eigenvalue weighted by Crippen LogP contribution is 2.19. The zero-order valence-corrected chi connectivity index (χ0v) is 18.4. The summed E-state index contributed by atoms with van der Waals surface area (Å²) < 4.78 is 6.71. The zero-order valence-electron chi connectivity index (χ0n) is 16.0. The van der Waals surface area contributed by atoms with Crippen molar-refractivity contribution in [2.75, 3.05) is 6.54 Å². The number of nitrogens with zero attached hydrogens (tertiary/aromatic N) is 2. The fourth-order valence-corrected chi connectivity index (χ4v) is 3.88. The van der Waals surface area contributed by atoms with Gasteiger partial charge in [-0.1, -0.05) is 46.6 Å². The van der Waals surface area contributed by atoms with Crippen molar-refractivity contribution in [2.45, 2.75) is 33.4 Å². The van der Waals surface area contributed by atoms with Gasteiger partial charge in [-0.15, -0.1) is 11.3 Å². The highest BCUT2D eigenvalue weighted by Gasteiger charge is 2.17. The number of hydrogen-bond acceptors (Lipinski definition) is 4. The summed E-state index contributed by atoms with van der Waals surface area (Å²) in [5.74, 6) is 0.855. The van der Waals surface area contributed by atoms with E-state index in [2.05, 4.69) is 27.8 Å². The molecule has 3 aromatic rings. The lowest BCUT2D eigenvalue weighted by Gasteiger charge is -2.21. The monoisotopic (exact) mass is 458 g/mol. The minimum atomic E-state index is 0.0219. The highest BCUT2D eigenvalue weighted by molar-refractivity contribution is 9.10. The van der Waals surface area contributed by atoms with Crippen LogP contribution in [0.4, 0.5) is 0 Å². The Labute approximate surface area is 178 Å². The summed E-state index contributed by atoms with van der Waals surface area (Å²) in [5.41, 5.74) is 2.78. The molecule has 0 N–H and O–H groups in total. The predicted octanol–water partition coefficient (Wildman–Crippen LogP) is 5.85. The van der Waals surface area contributed by atoms with E-state index in [1.807, 2.05) is 65.7 Å². The summed E-state index contributed by atoms with van der Waals surface area (Å²) in [4.78, 5) is 19.4. The third kappa shape index (κ3) is 5.66. The fraction of sp³-hybridized carbons (Fsp3) is 0.273. The molecule has 0 radical (unpaired) electrons. The van der Waals surface area contributed by atoms with Crippen LogP contribution in [0.3, 0.4) is 0 Å². The number of benzene rings is 2. The third-order valence-corrected chi connectivity index (χ3v) is 5.55. The van der Waals surface area contributed by atoms with Gasteiger partial charge in [0.25, 0.3) is 5.91 Å². The lowest BCUT2D eigenvalue weighted by molar-refractivity contribution is 0.0741. The second-order valence-electron chi connectivity index (χ2n) is 6.57. The summed E-state index contributed by atoms with van der Waals surface area (Å²) in [6.07, 6.45) is 0.896. The van der Waals surface area contributed by atoms with E-state index < -0.39 is 0 Å². The molecule has 0 bridgehead atoms. The molecule has 0 saturated carbocycles. The van der Waals surface area contributed by atoms with Crippen molar-refractivity contribution in [3.63, 3.8) is 0 Å². The first kappa shape index (κ1) is 20.6. The molecule has 0 aliphatic carbocycles. The number of aromatic nitrogens is 1. The van der Waals surface area contributed by atoms with Crippen LogP contribution in [0.5, 0.6) is 5.75 Å². The lowest BCUT2D eigenvalue weighted by atomic mass is 10.2. The number of thiazole rings is 1. The molecule has 0 unspecified atom stereocenters. The number of halogens is 1. The van der Waals surface area contributed by atoms with Gasteiger partial charge in [0.15, 0.2) is 0 Å². The molecule has 1 heterocycles. The van der Waals surface area contributed by atoms with Gasteiger partial charge >= 0.3 is 0 Å². The summed E-state index contributed by atoms with van der Waals surface area (Å²) in [6, 6.07) is 15.5. The normalized spacial score (nSPS) is 10.7. The van der Waals surface area contributed by atoms with E-state index in [1.54, 1.807) is 11.3 Å². The van der Waals surface area contributed by atoms with Gasteiger partial charge in [-0.05, 0) is 43.7 Å². The van der Waals surface area contributed by atoms with Crippen molar-refractivity contribution < 1.29 is 9.53 Å². The summed E-state index contributed by atoms with van der Waals surface area (Å²) in [7, 11) is 0. The van der Waals surface area contributed by atoms with Crippen LogP contribution in [0.2, 0.25) is 0 Å². The topological polar surface area (TPSA) is 42.4 Å². The van der Waals surface area contributed by atoms with Crippen molar-refractivity contribution in [3.05, 3.63) is 80.2 Å². The Balaban J connectivity index is 1.63. The van der Waals surface area contributed by atoms with Gasteiger partial charge in [-0.3, -0.25) is 4.79 Å². The molecule has 0 spiro atoms. The number of rotatable bonds is 8. The Morgan fingerprint density at radius 2 is 2.00 bits per heavy atom. The van der Waals surface area contributed by atoms with Crippen LogP contribution in [-0.2, 0) is 13.2 Å². The summed E-state index contributed by atoms with van der Waals surface area (Å²) >= 11 is 4.99. The second-order valence-corrected chi connectivity index (χ2v) is 8.43. The van der Waals surface area contributed by atoms with Crippen molar-refractivity contribution in [1.82, 2.24) is 9.88 Å². The Bertz CT molecular complexity index is 924. The van der Waals surface area contributed by atoms with Gasteiger partial charge in [-0.25, -0.2) is 4.98 Å². The largest absolute Gasteiger partial charge is 0.486 e. The molecule has 2 aromatic carbocycles. The van der Waals surface area contributed by atoms with Crippen LogP contribution >= 0.6 is 27.3 Å². The molecule has 0 fully saturated rings. The Morgan fingerprint density at radius 1 is 1.21 bits per heavy atom. The van der Waals surface area contributed by atoms with E-state index in [1.165, 1.54) is 5.56 Å². The summed E-state index contributed by atoms with van der Waals surface area (Å²) in [6.45, 7) is 5.75. The maximum Gasteiger partial charge on any atom is 0.254 e. The van der Waals surface area contributed by atoms with Gasteiger partial charge < -0.3 is 9.64 Å². The first-order chi connectivity index (χ1) is 13.5. The van der Waals surface area contributed by atoms with Gasteiger partial charge in [-0.2, -0.15) is 0 Å². The molecule has 1 aromatic heterocycles. The maximum atomic E-state index is 12.9. The number of ether oxygens (including phenoxy) is 1. The van der Waals surface area contributed by atoms with Crippen LogP contribution in [0, 0.1) is 6.92 Å². The van der Waals surface area contributed by atoms with E-state index >= 15 is 0 Å². The maximum absolute atomic E-state index is 12.9. The number of carbonyl (C=O) groups is 1. The van der Waals surface area contributed by atoms with Gasteiger partial charge in [0, 0.05) is 22.0 Å². The molecular formula is C22H23BrN2O2S. The molecule has 0 aliphatic heterocycles. The lowest BCUT2D eigenvalue weighted by Crippen LogP contribution is -2.31. The Morgan fingerprint density at radius 3 is 2.71 bits per heavy atom. The molecular weight excluding hydrogens is 436 g/mol. The number of hydrogen-bond donors (Lipinski definition) is 0. The minimum absolute atomic E-state index is 0.0219. The average molecular weight is 459 g/mol. The van der Waals surface area contributed by atoms with Crippen LogP contribution in [0.15, 0.2) is 58.4 Å². The van der Waals surface area contributed by atoms with Crippen LogP contribution in [0.1, 0.15) is 40.0 Å². The quantitative estimate of drug-likeness (QED) is 0.425. The molecule has 0 saturated heterocycles.